The molecule has 0 fully saturated rings. The molecule has 1 rings (SSSR count). The first-order valence-electron chi connectivity index (χ1n) is 4.89. The summed E-state index contributed by atoms with van der Waals surface area (Å²) in [6.07, 6.45) is 1.68. The second-order valence-corrected chi connectivity index (χ2v) is 4.47. The molecule has 0 aliphatic carbocycles. The van der Waals surface area contributed by atoms with E-state index in [1.54, 1.807) is 6.20 Å². The van der Waals surface area contributed by atoms with Gasteiger partial charge in [0.05, 0.1) is 5.02 Å². The summed E-state index contributed by atoms with van der Waals surface area (Å²) >= 11 is 5.78. The molecule has 1 aromatic rings. The van der Waals surface area contributed by atoms with Crippen molar-refractivity contribution in [2.45, 2.75) is 32.7 Å². The molecule has 0 aliphatic heterocycles. The van der Waals surface area contributed by atoms with Gasteiger partial charge in [0.1, 0.15) is 0 Å². The highest BCUT2D eigenvalue weighted by atomic mass is 35.5. The molecule has 1 heterocycles. The molecular formula is C11H17ClN2. The Morgan fingerprint density at radius 1 is 1.29 bits per heavy atom. The lowest BCUT2D eigenvalue weighted by molar-refractivity contribution is 0.427. The van der Waals surface area contributed by atoms with Crippen LogP contribution in [0.1, 0.15) is 32.4 Å². The average Bonchev–Trinajstić information content (AvgIpc) is 2.07. The second-order valence-electron chi connectivity index (χ2n) is 4.03. The van der Waals surface area contributed by atoms with E-state index in [4.69, 9.17) is 17.3 Å². The molecule has 0 bridgehead atoms. The number of halogens is 1. The molecule has 2 unspecified atom stereocenters. The van der Waals surface area contributed by atoms with Gasteiger partial charge < -0.3 is 5.73 Å². The summed E-state index contributed by atoms with van der Waals surface area (Å²) in [4.78, 5) is 4.31. The molecule has 14 heavy (non-hydrogen) atoms. The lowest BCUT2D eigenvalue weighted by atomic mass is 9.86. The van der Waals surface area contributed by atoms with Gasteiger partial charge in [-0.25, -0.2) is 0 Å². The van der Waals surface area contributed by atoms with E-state index in [1.807, 2.05) is 19.1 Å². The van der Waals surface area contributed by atoms with Crippen LogP contribution in [-0.4, -0.2) is 11.0 Å². The van der Waals surface area contributed by atoms with Gasteiger partial charge in [-0.15, -0.1) is 0 Å². The van der Waals surface area contributed by atoms with Crippen molar-refractivity contribution in [2.24, 2.45) is 11.7 Å². The molecule has 2 nitrogen and oxygen atoms in total. The van der Waals surface area contributed by atoms with Crippen LogP contribution in [0.25, 0.3) is 0 Å². The summed E-state index contributed by atoms with van der Waals surface area (Å²) in [5, 5.41) is 0.668. The zero-order valence-electron chi connectivity index (χ0n) is 8.87. The predicted octanol–water partition coefficient (Wildman–Crippen LogP) is 2.82. The number of hydrogen-bond donors (Lipinski definition) is 1. The fraction of sp³-hybridized carbons (Fsp3) is 0.545. The van der Waals surface area contributed by atoms with E-state index >= 15 is 0 Å². The Labute approximate surface area is 90.5 Å². The van der Waals surface area contributed by atoms with Crippen LogP contribution >= 0.6 is 11.6 Å². The largest absolute Gasteiger partial charge is 0.327 e. The Hall–Kier alpha value is -0.600. The van der Waals surface area contributed by atoms with E-state index in [2.05, 4.69) is 18.8 Å². The van der Waals surface area contributed by atoms with Gasteiger partial charge in [0.2, 0.25) is 0 Å². The molecule has 2 atom stereocenters. The van der Waals surface area contributed by atoms with Crippen molar-refractivity contribution in [3.05, 3.63) is 29.0 Å². The van der Waals surface area contributed by atoms with Crippen molar-refractivity contribution < 1.29 is 0 Å². The maximum atomic E-state index is 5.93. The molecule has 3 heteroatoms. The van der Waals surface area contributed by atoms with Crippen LogP contribution in [0.2, 0.25) is 5.02 Å². The van der Waals surface area contributed by atoms with Crippen molar-refractivity contribution in [2.75, 3.05) is 0 Å². The molecule has 0 radical (unpaired) electrons. The summed E-state index contributed by atoms with van der Waals surface area (Å²) in [6.45, 7) is 6.33. The number of nitrogens with zero attached hydrogens (tertiary/aromatic N) is 1. The van der Waals surface area contributed by atoms with Gasteiger partial charge in [0.25, 0.3) is 0 Å². The average molecular weight is 213 g/mol. The van der Waals surface area contributed by atoms with Crippen molar-refractivity contribution in [1.29, 1.82) is 0 Å². The van der Waals surface area contributed by atoms with Crippen LogP contribution < -0.4 is 5.73 Å². The smallest absolute Gasteiger partial charge is 0.0589 e. The third-order valence-electron chi connectivity index (χ3n) is 2.38. The van der Waals surface area contributed by atoms with Crippen LogP contribution in [0.5, 0.6) is 0 Å². The number of pyridine rings is 1. The maximum Gasteiger partial charge on any atom is 0.0589 e. The summed E-state index contributed by atoms with van der Waals surface area (Å²) in [7, 11) is 0. The third kappa shape index (κ3) is 2.69. The highest BCUT2D eigenvalue weighted by Crippen LogP contribution is 2.25. The lowest BCUT2D eigenvalue weighted by Gasteiger charge is -2.23. The van der Waals surface area contributed by atoms with Gasteiger partial charge in [0.15, 0.2) is 0 Å². The van der Waals surface area contributed by atoms with E-state index in [0.717, 1.165) is 5.69 Å². The van der Waals surface area contributed by atoms with Crippen LogP contribution in [0.4, 0.5) is 0 Å². The van der Waals surface area contributed by atoms with E-state index in [-0.39, 0.29) is 6.04 Å². The quantitative estimate of drug-likeness (QED) is 0.837. The summed E-state index contributed by atoms with van der Waals surface area (Å²) < 4.78 is 0. The zero-order chi connectivity index (χ0) is 10.7. The molecule has 0 amide bonds. The summed E-state index contributed by atoms with van der Waals surface area (Å²) in [6, 6.07) is 3.93. The summed E-state index contributed by atoms with van der Waals surface area (Å²) in [5.41, 5.74) is 6.96. The minimum atomic E-state index is 0.115. The molecule has 0 aromatic carbocycles. The topological polar surface area (TPSA) is 38.9 Å². The summed E-state index contributed by atoms with van der Waals surface area (Å²) in [5.74, 6) is 0.788. The normalized spacial score (nSPS) is 15.6. The highest BCUT2D eigenvalue weighted by molar-refractivity contribution is 6.30. The molecule has 0 saturated carbocycles. The van der Waals surface area contributed by atoms with E-state index < -0.39 is 0 Å². The Morgan fingerprint density at radius 2 is 1.93 bits per heavy atom. The van der Waals surface area contributed by atoms with Gasteiger partial charge in [-0.2, -0.15) is 0 Å². The predicted molar refractivity (Wildman–Crippen MR) is 60.5 cm³/mol. The van der Waals surface area contributed by atoms with Crippen molar-refractivity contribution in [3.8, 4) is 0 Å². The Bertz CT molecular complexity index is 272. The fourth-order valence-electron chi connectivity index (χ4n) is 1.80. The van der Waals surface area contributed by atoms with Crippen LogP contribution in [0, 0.1) is 5.92 Å². The van der Waals surface area contributed by atoms with Gasteiger partial charge in [0, 0.05) is 23.9 Å². The lowest BCUT2D eigenvalue weighted by Crippen LogP contribution is -2.29. The van der Waals surface area contributed by atoms with E-state index in [9.17, 15) is 0 Å². The maximum absolute atomic E-state index is 5.93. The first-order chi connectivity index (χ1) is 6.52. The Kier molecular flexibility index (Phi) is 3.90. The Morgan fingerprint density at radius 3 is 2.29 bits per heavy atom. The SMILES string of the molecule is CC(C)C(c1ccc(Cl)cn1)C(C)N. The molecule has 2 N–H and O–H groups in total. The number of nitrogens with two attached hydrogens (primary N) is 1. The monoisotopic (exact) mass is 212 g/mol. The van der Waals surface area contributed by atoms with Crippen LogP contribution in [0.15, 0.2) is 18.3 Å². The van der Waals surface area contributed by atoms with Crippen LogP contribution in [0.3, 0.4) is 0 Å². The standard InChI is InChI=1S/C11H17ClN2/c1-7(2)11(8(3)13)10-5-4-9(12)6-14-10/h4-8,11H,13H2,1-3H3. The second kappa shape index (κ2) is 4.76. The van der Waals surface area contributed by atoms with Crippen molar-refractivity contribution in [1.82, 2.24) is 4.98 Å². The molecular weight excluding hydrogens is 196 g/mol. The molecule has 0 aliphatic rings. The first kappa shape index (κ1) is 11.5. The van der Waals surface area contributed by atoms with E-state index in [0.29, 0.717) is 16.9 Å². The molecule has 78 valence electrons. The minimum absolute atomic E-state index is 0.115. The van der Waals surface area contributed by atoms with Crippen molar-refractivity contribution in [3.63, 3.8) is 0 Å². The van der Waals surface area contributed by atoms with Gasteiger partial charge in [-0.3, -0.25) is 4.98 Å². The van der Waals surface area contributed by atoms with Gasteiger partial charge in [-0.05, 0) is 25.0 Å². The van der Waals surface area contributed by atoms with E-state index in [1.165, 1.54) is 0 Å². The minimum Gasteiger partial charge on any atom is -0.327 e. The van der Waals surface area contributed by atoms with Crippen LogP contribution in [-0.2, 0) is 0 Å². The van der Waals surface area contributed by atoms with Gasteiger partial charge >= 0.3 is 0 Å². The zero-order valence-corrected chi connectivity index (χ0v) is 9.62. The first-order valence-corrected chi connectivity index (χ1v) is 5.27. The molecule has 1 aromatic heterocycles. The van der Waals surface area contributed by atoms with Crippen molar-refractivity contribution >= 4 is 11.6 Å². The Balaban J connectivity index is 2.94. The van der Waals surface area contributed by atoms with Gasteiger partial charge in [-0.1, -0.05) is 25.4 Å². The third-order valence-corrected chi connectivity index (χ3v) is 2.60. The highest BCUT2D eigenvalue weighted by Gasteiger charge is 2.20. The fourth-order valence-corrected chi connectivity index (χ4v) is 1.91. The number of rotatable bonds is 3. The number of aromatic nitrogens is 1. The molecule has 0 saturated heterocycles. The number of hydrogen-bond acceptors (Lipinski definition) is 2. The molecule has 0 spiro atoms.